The first-order valence-corrected chi connectivity index (χ1v) is 6.47. The van der Waals surface area contributed by atoms with Gasteiger partial charge < -0.3 is 9.47 Å². The van der Waals surface area contributed by atoms with Crippen molar-refractivity contribution in [3.05, 3.63) is 48.2 Å². The van der Waals surface area contributed by atoms with Crippen LogP contribution in [0.3, 0.4) is 0 Å². The lowest BCUT2D eigenvalue weighted by Crippen LogP contribution is -2.05. The van der Waals surface area contributed by atoms with Crippen LogP contribution in [0.15, 0.2) is 42.6 Å². The van der Waals surface area contributed by atoms with Gasteiger partial charge in [-0.1, -0.05) is 0 Å². The molecular weight excluding hydrogens is 297 g/mol. The van der Waals surface area contributed by atoms with Gasteiger partial charge in [0.05, 0.1) is 16.8 Å². The Morgan fingerprint density at radius 2 is 1.68 bits per heavy atom. The van der Waals surface area contributed by atoms with Gasteiger partial charge in [-0.2, -0.15) is 18.3 Å². The minimum Gasteiger partial charge on any atom is -0.454 e. The first kappa shape index (κ1) is 13.0. The van der Waals surface area contributed by atoms with E-state index in [-0.39, 0.29) is 6.79 Å². The van der Waals surface area contributed by atoms with Gasteiger partial charge in [0.2, 0.25) is 6.79 Å². The minimum atomic E-state index is -4.34. The van der Waals surface area contributed by atoms with E-state index in [1.54, 1.807) is 18.3 Å². The SMILES string of the molecule is FC(F)(F)c1ccc(-n2cc3cc4c(cc3n2)OCO4)cc1. The van der Waals surface area contributed by atoms with Gasteiger partial charge in [0, 0.05) is 17.6 Å². The lowest BCUT2D eigenvalue weighted by atomic mass is 10.2. The van der Waals surface area contributed by atoms with Crippen LogP contribution < -0.4 is 9.47 Å². The van der Waals surface area contributed by atoms with Crippen LogP contribution in [0.1, 0.15) is 5.56 Å². The van der Waals surface area contributed by atoms with Crippen molar-refractivity contribution in [2.45, 2.75) is 6.18 Å². The molecule has 0 bridgehead atoms. The van der Waals surface area contributed by atoms with Gasteiger partial charge in [0.15, 0.2) is 11.5 Å². The Bertz CT molecular complexity index is 813. The van der Waals surface area contributed by atoms with E-state index in [2.05, 4.69) is 5.10 Å². The van der Waals surface area contributed by atoms with Gasteiger partial charge in [-0.25, -0.2) is 4.68 Å². The van der Waals surface area contributed by atoms with Gasteiger partial charge in [-0.15, -0.1) is 0 Å². The first-order valence-electron chi connectivity index (χ1n) is 6.47. The molecular formula is C15H9F3N2O2. The Labute approximate surface area is 122 Å². The fraction of sp³-hybridized carbons (Fsp3) is 0.133. The van der Waals surface area contributed by atoms with Gasteiger partial charge in [0.25, 0.3) is 0 Å². The van der Waals surface area contributed by atoms with E-state index in [4.69, 9.17) is 9.47 Å². The highest BCUT2D eigenvalue weighted by molar-refractivity contribution is 5.83. The number of aromatic nitrogens is 2. The van der Waals surface area contributed by atoms with Crippen LogP contribution in [0.25, 0.3) is 16.6 Å². The summed E-state index contributed by atoms with van der Waals surface area (Å²) in [7, 11) is 0. The van der Waals surface area contributed by atoms with Crippen LogP contribution in [0.5, 0.6) is 11.5 Å². The molecule has 0 atom stereocenters. The number of fused-ring (bicyclic) bond motifs is 2. The average molecular weight is 306 g/mol. The Kier molecular flexibility index (Phi) is 2.60. The number of ether oxygens (including phenoxy) is 2. The highest BCUT2D eigenvalue weighted by Gasteiger charge is 2.30. The van der Waals surface area contributed by atoms with Crippen LogP contribution in [-0.4, -0.2) is 16.6 Å². The molecule has 0 N–H and O–H groups in total. The molecule has 112 valence electrons. The predicted molar refractivity (Wildman–Crippen MR) is 72.2 cm³/mol. The van der Waals surface area contributed by atoms with Crippen molar-refractivity contribution < 1.29 is 22.6 Å². The van der Waals surface area contributed by atoms with Gasteiger partial charge in [0.1, 0.15) is 0 Å². The molecule has 4 nitrogen and oxygen atoms in total. The molecule has 0 radical (unpaired) electrons. The molecule has 1 aromatic heterocycles. The van der Waals surface area contributed by atoms with E-state index in [1.807, 2.05) is 0 Å². The number of rotatable bonds is 1. The maximum absolute atomic E-state index is 12.6. The molecule has 2 heterocycles. The number of benzene rings is 2. The van der Waals surface area contributed by atoms with Crippen LogP contribution in [-0.2, 0) is 6.18 Å². The van der Waals surface area contributed by atoms with Crippen molar-refractivity contribution in [1.29, 1.82) is 0 Å². The zero-order chi connectivity index (χ0) is 15.3. The summed E-state index contributed by atoms with van der Waals surface area (Å²) in [6.45, 7) is 0.181. The third-order valence-corrected chi connectivity index (χ3v) is 3.46. The first-order chi connectivity index (χ1) is 10.5. The van der Waals surface area contributed by atoms with Crippen molar-refractivity contribution in [2.75, 3.05) is 6.79 Å². The number of halogens is 3. The van der Waals surface area contributed by atoms with E-state index in [1.165, 1.54) is 16.8 Å². The summed E-state index contributed by atoms with van der Waals surface area (Å²) < 4.78 is 49.8. The summed E-state index contributed by atoms with van der Waals surface area (Å²) >= 11 is 0. The van der Waals surface area contributed by atoms with Gasteiger partial charge in [-0.05, 0) is 30.3 Å². The lowest BCUT2D eigenvalue weighted by Gasteiger charge is -2.07. The molecule has 22 heavy (non-hydrogen) atoms. The molecule has 1 aliphatic rings. The summed E-state index contributed by atoms with van der Waals surface area (Å²) in [5.41, 5.74) is 0.545. The van der Waals surface area contributed by atoms with Crippen LogP contribution in [0.4, 0.5) is 13.2 Å². The third kappa shape index (κ3) is 2.05. The van der Waals surface area contributed by atoms with Crippen molar-refractivity contribution in [1.82, 2.24) is 9.78 Å². The maximum Gasteiger partial charge on any atom is 0.416 e. The zero-order valence-corrected chi connectivity index (χ0v) is 11.1. The number of nitrogens with zero attached hydrogens (tertiary/aromatic N) is 2. The summed E-state index contributed by atoms with van der Waals surface area (Å²) in [6.07, 6.45) is -2.61. The second-order valence-electron chi connectivity index (χ2n) is 4.88. The van der Waals surface area contributed by atoms with E-state index in [0.717, 1.165) is 17.5 Å². The smallest absolute Gasteiger partial charge is 0.416 e. The Balaban J connectivity index is 1.75. The number of hydrogen-bond acceptors (Lipinski definition) is 3. The van der Waals surface area contributed by atoms with Crippen molar-refractivity contribution in [3.63, 3.8) is 0 Å². The van der Waals surface area contributed by atoms with Crippen molar-refractivity contribution in [2.24, 2.45) is 0 Å². The Morgan fingerprint density at radius 1 is 1.00 bits per heavy atom. The third-order valence-electron chi connectivity index (χ3n) is 3.46. The predicted octanol–water partition coefficient (Wildman–Crippen LogP) is 3.77. The highest BCUT2D eigenvalue weighted by atomic mass is 19.4. The molecule has 0 spiro atoms. The molecule has 1 aliphatic heterocycles. The molecule has 2 aromatic carbocycles. The van der Waals surface area contributed by atoms with Crippen LogP contribution in [0, 0.1) is 0 Å². The summed E-state index contributed by atoms with van der Waals surface area (Å²) in [5.74, 6) is 1.25. The van der Waals surface area contributed by atoms with Gasteiger partial charge in [-0.3, -0.25) is 0 Å². The van der Waals surface area contributed by atoms with Gasteiger partial charge >= 0.3 is 6.18 Å². The summed E-state index contributed by atoms with van der Waals surface area (Å²) in [6, 6.07) is 8.38. The molecule has 0 fully saturated rings. The fourth-order valence-corrected chi connectivity index (χ4v) is 2.35. The monoisotopic (exact) mass is 306 g/mol. The van der Waals surface area contributed by atoms with Crippen molar-refractivity contribution in [3.8, 4) is 17.2 Å². The number of alkyl halides is 3. The van der Waals surface area contributed by atoms with Crippen molar-refractivity contribution >= 4 is 10.9 Å². The highest BCUT2D eigenvalue weighted by Crippen LogP contribution is 2.36. The Hall–Kier alpha value is -2.70. The fourth-order valence-electron chi connectivity index (χ4n) is 2.35. The molecule has 3 aromatic rings. The molecule has 4 rings (SSSR count). The molecule has 7 heteroatoms. The second-order valence-corrected chi connectivity index (χ2v) is 4.88. The standard InChI is InChI=1S/C15H9F3N2O2/c16-15(17,18)10-1-3-11(4-2-10)20-7-9-5-13-14(22-8-21-13)6-12(9)19-20/h1-7H,8H2. The van der Waals surface area contributed by atoms with E-state index in [0.29, 0.717) is 22.7 Å². The molecule has 0 saturated carbocycles. The second kappa shape index (κ2) is 4.40. The average Bonchev–Trinajstić information content (AvgIpc) is 3.09. The molecule has 0 amide bonds. The normalized spacial score (nSPS) is 13.8. The molecule has 0 aliphatic carbocycles. The van der Waals surface area contributed by atoms with E-state index >= 15 is 0 Å². The number of hydrogen-bond donors (Lipinski definition) is 0. The topological polar surface area (TPSA) is 36.3 Å². The summed E-state index contributed by atoms with van der Waals surface area (Å²) in [4.78, 5) is 0. The zero-order valence-electron chi connectivity index (χ0n) is 11.1. The molecule has 0 unspecified atom stereocenters. The van der Waals surface area contributed by atoms with E-state index in [9.17, 15) is 13.2 Å². The maximum atomic E-state index is 12.6. The van der Waals surface area contributed by atoms with Crippen LogP contribution >= 0.6 is 0 Å². The summed E-state index contributed by atoms with van der Waals surface area (Å²) in [5, 5.41) is 5.18. The quantitative estimate of drug-likeness (QED) is 0.686. The van der Waals surface area contributed by atoms with E-state index < -0.39 is 11.7 Å². The minimum absolute atomic E-state index is 0.181. The Morgan fingerprint density at radius 3 is 2.36 bits per heavy atom. The van der Waals surface area contributed by atoms with Crippen LogP contribution in [0.2, 0.25) is 0 Å². The molecule has 0 saturated heterocycles. The lowest BCUT2D eigenvalue weighted by molar-refractivity contribution is -0.137. The largest absolute Gasteiger partial charge is 0.454 e.